The van der Waals surface area contributed by atoms with E-state index in [2.05, 4.69) is 20.3 Å². The van der Waals surface area contributed by atoms with E-state index >= 15 is 0 Å². The monoisotopic (exact) mass is 258 g/mol. The molecular formula is C9H8Cl2N4O. The highest BCUT2D eigenvalue weighted by Gasteiger charge is 2.04. The van der Waals surface area contributed by atoms with E-state index in [-0.39, 0.29) is 10.6 Å². The van der Waals surface area contributed by atoms with Crippen molar-refractivity contribution in [1.82, 2.24) is 15.0 Å². The Kier molecular flexibility index (Phi) is 3.26. The second-order valence-corrected chi connectivity index (χ2v) is 3.74. The van der Waals surface area contributed by atoms with Crippen molar-refractivity contribution in [2.45, 2.75) is 13.5 Å². The maximum Gasteiger partial charge on any atom is 0.228 e. The van der Waals surface area contributed by atoms with Crippen LogP contribution >= 0.6 is 23.2 Å². The van der Waals surface area contributed by atoms with Crippen molar-refractivity contribution in [2.24, 2.45) is 0 Å². The molecule has 2 heterocycles. The molecule has 0 unspecified atom stereocenters. The van der Waals surface area contributed by atoms with Crippen molar-refractivity contribution < 1.29 is 4.42 Å². The van der Waals surface area contributed by atoms with Gasteiger partial charge in [0.05, 0.1) is 6.54 Å². The Bertz CT molecular complexity index is 480. The summed E-state index contributed by atoms with van der Waals surface area (Å²) < 4.78 is 5.37. The lowest BCUT2D eigenvalue weighted by atomic mass is 10.4. The number of nitrogens with one attached hydrogen (secondary N) is 1. The molecule has 0 saturated heterocycles. The van der Waals surface area contributed by atoms with Gasteiger partial charge in [0.15, 0.2) is 0 Å². The van der Waals surface area contributed by atoms with Crippen molar-refractivity contribution >= 4 is 29.2 Å². The van der Waals surface area contributed by atoms with E-state index in [1.807, 2.05) is 19.1 Å². The molecule has 84 valence electrons. The number of aryl methyl sites for hydroxylation is 1. The highest BCUT2D eigenvalue weighted by molar-refractivity contribution is 6.31. The van der Waals surface area contributed by atoms with Gasteiger partial charge in [-0.3, -0.25) is 0 Å². The van der Waals surface area contributed by atoms with Gasteiger partial charge in [-0.2, -0.15) is 15.0 Å². The van der Waals surface area contributed by atoms with Crippen LogP contribution in [0.25, 0.3) is 0 Å². The smallest absolute Gasteiger partial charge is 0.228 e. The van der Waals surface area contributed by atoms with Gasteiger partial charge < -0.3 is 9.73 Å². The van der Waals surface area contributed by atoms with E-state index in [0.29, 0.717) is 12.5 Å². The van der Waals surface area contributed by atoms with Gasteiger partial charge in [0.2, 0.25) is 16.5 Å². The lowest BCUT2D eigenvalue weighted by molar-refractivity contribution is 0.490. The van der Waals surface area contributed by atoms with E-state index in [1.165, 1.54) is 0 Å². The molecule has 0 amide bonds. The summed E-state index contributed by atoms with van der Waals surface area (Å²) in [6.07, 6.45) is 0. The standard InChI is InChI=1S/C9H8Cl2N4O/c1-5-2-3-6(16-5)4-12-9-14-7(10)13-8(11)15-9/h2-3H,4H2,1H3,(H,12,13,14,15). The van der Waals surface area contributed by atoms with Crippen molar-refractivity contribution in [1.29, 1.82) is 0 Å². The molecule has 5 nitrogen and oxygen atoms in total. The summed E-state index contributed by atoms with van der Waals surface area (Å²) in [6, 6.07) is 3.75. The van der Waals surface area contributed by atoms with Gasteiger partial charge in [0.25, 0.3) is 0 Å². The highest BCUT2D eigenvalue weighted by atomic mass is 35.5. The zero-order chi connectivity index (χ0) is 11.5. The van der Waals surface area contributed by atoms with Gasteiger partial charge in [-0.15, -0.1) is 0 Å². The number of hydrogen-bond donors (Lipinski definition) is 1. The van der Waals surface area contributed by atoms with E-state index in [9.17, 15) is 0 Å². The molecule has 0 aliphatic carbocycles. The molecule has 2 aromatic heterocycles. The Morgan fingerprint density at radius 3 is 2.44 bits per heavy atom. The van der Waals surface area contributed by atoms with Gasteiger partial charge in [0.1, 0.15) is 11.5 Å². The molecule has 0 fully saturated rings. The second-order valence-electron chi connectivity index (χ2n) is 3.06. The van der Waals surface area contributed by atoms with Crippen molar-refractivity contribution in [2.75, 3.05) is 5.32 Å². The first-order valence-electron chi connectivity index (χ1n) is 4.50. The number of rotatable bonds is 3. The third-order valence-electron chi connectivity index (χ3n) is 1.80. The molecule has 0 bridgehead atoms. The van der Waals surface area contributed by atoms with E-state index in [1.54, 1.807) is 0 Å². The van der Waals surface area contributed by atoms with Gasteiger partial charge in [-0.1, -0.05) is 0 Å². The van der Waals surface area contributed by atoms with Gasteiger partial charge in [-0.05, 0) is 42.3 Å². The summed E-state index contributed by atoms with van der Waals surface area (Å²) in [4.78, 5) is 11.4. The van der Waals surface area contributed by atoms with Crippen LogP contribution in [-0.2, 0) is 6.54 Å². The fraction of sp³-hybridized carbons (Fsp3) is 0.222. The number of furan rings is 1. The second kappa shape index (κ2) is 4.67. The molecule has 16 heavy (non-hydrogen) atoms. The molecule has 0 saturated carbocycles. The molecule has 0 aromatic carbocycles. The lowest BCUT2D eigenvalue weighted by Crippen LogP contribution is -2.04. The molecule has 0 radical (unpaired) electrons. The number of anilines is 1. The first kappa shape index (κ1) is 11.2. The van der Waals surface area contributed by atoms with Crippen molar-refractivity contribution in [3.63, 3.8) is 0 Å². The van der Waals surface area contributed by atoms with Crippen LogP contribution in [0.4, 0.5) is 5.95 Å². The molecule has 0 spiro atoms. The van der Waals surface area contributed by atoms with Crippen molar-refractivity contribution in [3.8, 4) is 0 Å². The molecule has 1 N–H and O–H groups in total. The van der Waals surface area contributed by atoms with Crippen LogP contribution in [0.3, 0.4) is 0 Å². The Morgan fingerprint density at radius 1 is 1.19 bits per heavy atom. The van der Waals surface area contributed by atoms with Crippen LogP contribution in [0.5, 0.6) is 0 Å². The maximum atomic E-state index is 5.63. The Balaban J connectivity index is 2.04. The SMILES string of the molecule is Cc1ccc(CNc2nc(Cl)nc(Cl)n2)o1. The zero-order valence-electron chi connectivity index (χ0n) is 8.37. The minimum atomic E-state index is 0.0538. The first-order valence-corrected chi connectivity index (χ1v) is 5.25. The fourth-order valence-corrected chi connectivity index (χ4v) is 1.51. The normalized spacial score (nSPS) is 10.4. The van der Waals surface area contributed by atoms with Crippen LogP contribution in [0, 0.1) is 6.92 Å². The minimum Gasteiger partial charge on any atom is -0.465 e. The fourth-order valence-electron chi connectivity index (χ4n) is 1.15. The molecular weight excluding hydrogens is 251 g/mol. The topological polar surface area (TPSA) is 63.8 Å². The predicted octanol–water partition coefficient (Wildman–Crippen LogP) is 2.69. The summed E-state index contributed by atoms with van der Waals surface area (Å²) in [5.74, 6) is 1.95. The number of halogens is 2. The zero-order valence-corrected chi connectivity index (χ0v) is 9.88. The average molecular weight is 259 g/mol. The van der Waals surface area contributed by atoms with E-state index in [0.717, 1.165) is 11.5 Å². The summed E-state index contributed by atoms with van der Waals surface area (Å²) in [7, 11) is 0. The van der Waals surface area contributed by atoms with Gasteiger partial charge in [-0.25, -0.2) is 0 Å². The molecule has 2 rings (SSSR count). The van der Waals surface area contributed by atoms with Crippen LogP contribution < -0.4 is 5.32 Å². The van der Waals surface area contributed by atoms with Gasteiger partial charge >= 0.3 is 0 Å². The summed E-state index contributed by atoms with van der Waals surface area (Å²) in [5.41, 5.74) is 0. The van der Waals surface area contributed by atoms with Crippen LogP contribution in [0.15, 0.2) is 16.5 Å². The number of hydrogen-bond acceptors (Lipinski definition) is 5. The third-order valence-corrected chi connectivity index (χ3v) is 2.14. The summed E-state index contributed by atoms with van der Waals surface area (Å²) in [5, 5.41) is 3.04. The molecule has 2 aromatic rings. The number of aromatic nitrogens is 3. The molecule has 0 aliphatic heterocycles. The average Bonchev–Trinajstić information content (AvgIpc) is 2.60. The molecule has 0 atom stereocenters. The summed E-state index contributed by atoms with van der Waals surface area (Å²) >= 11 is 11.3. The van der Waals surface area contributed by atoms with Gasteiger partial charge in [0, 0.05) is 0 Å². The van der Waals surface area contributed by atoms with Crippen LogP contribution in [-0.4, -0.2) is 15.0 Å². The maximum absolute atomic E-state index is 5.63. The summed E-state index contributed by atoms with van der Waals surface area (Å²) in [6.45, 7) is 2.34. The third kappa shape index (κ3) is 2.84. The quantitative estimate of drug-likeness (QED) is 0.917. The Morgan fingerprint density at radius 2 is 1.88 bits per heavy atom. The molecule has 7 heteroatoms. The van der Waals surface area contributed by atoms with E-state index < -0.39 is 0 Å². The highest BCUT2D eigenvalue weighted by Crippen LogP contribution is 2.12. The number of nitrogens with zero attached hydrogens (tertiary/aromatic N) is 3. The largest absolute Gasteiger partial charge is 0.465 e. The van der Waals surface area contributed by atoms with Crippen molar-refractivity contribution in [3.05, 3.63) is 34.2 Å². The Labute approximate surface area is 102 Å². The van der Waals surface area contributed by atoms with E-state index in [4.69, 9.17) is 27.6 Å². The van der Waals surface area contributed by atoms with Crippen LogP contribution in [0.1, 0.15) is 11.5 Å². The first-order chi connectivity index (χ1) is 7.63. The van der Waals surface area contributed by atoms with Crippen LogP contribution in [0.2, 0.25) is 10.6 Å². The lowest BCUT2D eigenvalue weighted by Gasteiger charge is -2.02. The molecule has 0 aliphatic rings. The predicted molar refractivity (Wildman–Crippen MR) is 60.6 cm³/mol. The Hall–Kier alpha value is -1.33. The minimum absolute atomic E-state index is 0.0538.